The zero-order valence-electron chi connectivity index (χ0n) is 8.94. The van der Waals surface area contributed by atoms with Crippen LogP contribution in [0.25, 0.3) is 0 Å². The van der Waals surface area contributed by atoms with E-state index in [1.54, 1.807) is 4.90 Å². The topological polar surface area (TPSA) is 66.8 Å². The van der Waals surface area contributed by atoms with Crippen LogP contribution in [0.15, 0.2) is 0 Å². The lowest BCUT2D eigenvalue weighted by Gasteiger charge is -2.15. The van der Waals surface area contributed by atoms with Crippen molar-refractivity contribution in [1.82, 2.24) is 4.90 Å². The molecule has 0 spiro atoms. The predicted molar refractivity (Wildman–Crippen MR) is 53.4 cm³/mol. The van der Waals surface area contributed by atoms with Gasteiger partial charge in [-0.2, -0.15) is 0 Å². The molecule has 0 bridgehead atoms. The number of rotatable bonds is 5. The van der Waals surface area contributed by atoms with Gasteiger partial charge in [0.1, 0.15) is 0 Å². The van der Waals surface area contributed by atoms with Gasteiger partial charge in [-0.25, -0.2) is 0 Å². The van der Waals surface area contributed by atoms with Gasteiger partial charge in [-0.05, 0) is 13.3 Å². The molecule has 0 aromatic carbocycles. The number of likely N-dealkylation sites (tertiary alicyclic amines) is 1. The third kappa shape index (κ3) is 3.51. The Kier molecular flexibility index (Phi) is 4.55. The van der Waals surface area contributed by atoms with E-state index in [2.05, 4.69) is 0 Å². The lowest BCUT2D eigenvalue weighted by Crippen LogP contribution is -2.30. The Morgan fingerprint density at radius 3 is 2.80 bits per heavy atom. The summed E-state index contributed by atoms with van der Waals surface area (Å²) in [5.41, 5.74) is 0. The van der Waals surface area contributed by atoms with E-state index < -0.39 is 5.97 Å². The van der Waals surface area contributed by atoms with Crippen molar-refractivity contribution in [2.75, 3.05) is 26.3 Å². The second kappa shape index (κ2) is 5.70. The van der Waals surface area contributed by atoms with Gasteiger partial charge in [-0.1, -0.05) is 0 Å². The van der Waals surface area contributed by atoms with Gasteiger partial charge in [0, 0.05) is 19.7 Å². The fourth-order valence-corrected chi connectivity index (χ4v) is 1.65. The summed E-state index contributed by atoms with van der Waals surface area (Å²) in [4.78, 5) is 23.8. The lowest BCUT2D eigenvalue weighted by molar-refractivity contribution is -0.141. The molecule has 0 saturated carbocycles. The summed E-state index contributed by atoms with van der Waals surface area (Å²) < 4.78 is 5.07. The third-order valence-electron chi connectivity index (χ3n) is 2.55. The van der Waals surface area contributed by atoms with Gasteiger partial charge in [0.15, 0.2) is 0 Å². The number of aliphatic carboxylic acids is 1. The Balaban J connectivity index is 2.27. The zero-order chi connectivity index (χ0) is 11.3. The van der Waals surface area contributed by atoms with E-state index in [-0.39, 0.29) is 11.8 Å². The Bertz CT molecular complexity index is 242. The molecular formula is C10H17NO4. The van der Waals surface area contributed by atoms with Crippen LogP contribution in [0.4, 0.5) is 0 Å². The van der Waals surface area contributed by atoms with E-state index in [4.69, 9.17) is 9.84 Å². The molecule has 5 nitrogen and oxygen atoms in total. The smallest absolute Gasteiger partial charge is 0.308 e. The van der Waals surface area contributed by atoms with Gasteiger partial charge in [0.05, 0.1) is 18.9 Å². The van der Waals surface area contributed by atoms with Gasteiger partial charge in [-0.15, -0.1) is 0 Å². The molecule has 15 heavy (non-hydrogen) atoms. The Morgan fingerprint density at radius 2 is 2.27 bits per heavy atom. The number of nitrogens with zero attached hydrogens (tertiary/aromatic N) is 1. The van der Waals surface area contributed by atoms with Crippen LogP contribution in [0.1, 0.15) is 19.8 Å². The van der Waals surface area contributed by atoms with E-state index in [0.717, 1.165) is 0 Å². The first-order valence-corrected chi connectivity index (χ1v) is 5.23. The second-order valence-corrected chi connectivity index (χ2v) is 3.61. The summed E-state index contributed by atoms with van der Waals surface area (Å²) >= 11 is 0. The van der Waals surface area contributed by atoms with Crippen molar-refractivity contribution in [2.24, 2.45) is 5.92 Å². The summed E-state index contributed by atoms with van der Waals surface area (Å²) in [6.45, 7) is 3.80. The highest BCUT2D eigenvalue weighted by Gasteiger charge is 2.30. The number of carboxylic acid groups (broad SMARTS) is 1. The molecule has 86 valence electrons. The van der Waals surface area contributed by atoms with Crippen molar-refractivity contribution in [3.63, 3.8) is 0 Å². The van der Waals surface area contributed by atoms with Crippen molar-refractivity contribution < 1.29 is 19.4 Å². The van der Waals surface area contributed by atoms with Crippen LogP contribution in [-0.2, 0) is 14.3 Å². The molecule has 1 rings (SSSR count). The van der Waals surface area contributed by atoms with E-state index in [0.29, 0.717) is 39.1 Å². The quantitative estimate of drug-likeness (QED) is 0.672. The summed E-state index contributed by atoms with van der Waals surface area (Å²) in [6.07, 6.45) is 0.913. The number of carbonyl (C=O) groups is 2. The van der Waals surface area contributed by atoms with E-state index in [9.17, 15) is 9.59 Å². The van der Waals surface area contributed by atoms with Gasteiger partial charge in [0.2, 0.25) is 5.91 Å². The largest absolute Gasteiger partial charge is 0.481 e. The summed E-state index contributed by atoms with van der Waals surface area (Å²) in [7, 11) is 0. The second-order valence-electron chi connectivity index (χ2n) is 3.61. The molecule has 1 amide bonds. The van der Waals surface area contributed by atoms with Crippen LogP contribution in [-0.4, -0.2) is 48.2 Å². The van der Waals surface area contributed by atoms with E-state index >= 15 is 0 Å². The minimum Gasteiger partial charge on any atom is -0.481 e. The van der Waals surface area contributed by atoms with Crippen LogP contribution >= 0.6 is 0 Å². The van der Waals surface area contributed by atoms with Crippen LogP contribution in [0.5, 0.6) is 0 Å². The molecule has 1 unspecified atom stereocenters. The molecule has 1 aliphatic heterocycles. The average Bonchev–Trinajstić information content (AvgIpc) is 2.66. The number of amides is 1. The molecule has 1 N–H and O–H groups in total. The molecule has 0 aromatic heterocycles. The van der Waals surface area contributed by atoms with Crippen LogP contribution in [0, 0.1) is 5.92 Å². The highest BCUT2D eigenvalue weighted by molar-refractivity contribution is 5.78. The number of hydrogen-bond acceptors (Lipinski definition) is 3. The van der Waals surface area contributed by atoms with E-state index in [1.165, 1.54) is 0 Å². The monoisotopic (exact) mass is 215 g/mol. The predicted octanol–water partition coefficient (Wildman–Crippen LogP) is 0.346. The van der Waals surface area contributed by atoms with Crippen molar-refractivity contribution in [3.8, 4) is 0 Å². The average molecular weight is 215 g/mol. The van der Waals surface area contributed by atoms with Crippen LogP contribution < -0.4 is 0 Å². The van der Waals surface area contributed by atoms with Crippen molar-refractivity contribution in [1.29, 1.82) is 0 Å². The number of ether oxygens (including phenoxy) is 1. The van der Waals surface area contributed by atoms with Crippen molar-refractivity contribution in [3.05, 3.63) is 0 Å². The third-order valence-corrected chi connectivity index (χ3v) is 2.55. The lowest BCUT2D eigenvalue weighted by atomic mass is 10.1. The zero-order valence-corrected chi connectivity index (χ0v) is 8.94. The number of carbonyl (C=O) groups excluding carboxylic acids is 1. The van der Waals surface area contributed by atoms with Gasteiger partial charge >= 0.3 is 5.97 Å². The first kappa shape index (κ1) is 12.0. The fourth-order valence-electron chi connectivity index (χ4n) is 1.65. The molecule has 1 fully saturated rings. The van der Waals surface area contributed by atoms with Crippen LogP contribution in [0.2, 0.25) is 0 Å². The van der Waals surface area contributed by atoms with Crippen molar-refractivity contribution >= 4 is 11.9 Å². The Morgan fingerprint density at radius 1 is 1.53 bits per heavy atom. The standard InChI is InChI=1S/C10H17NO4/c1-2-15-6-4-9(12)11-5-3-8(7-11)10(13)14/h8H,2-7H2,1H3,(H,13,14). The molecule has 1 aliphatic rings. The number of carboxylic acids is 1. The molecule has 1 heterocycles. The maximum atomic E-state index is 11.5. The first-order valence-electron chi connectivity index (χ1n) is 5.23. The molecule has 1 saturated heterocycles. The highest BCUT2D eigenvalue weighted by atomic mass is 16.5. The molecule has 1 atom stereocenters. The maximum absolute atomic E-state index is 11.5. The molecule has 0 radical (unpaired) electrons. The Hall–Kier alpha value is -1.10. The Labute approximate surface area is 89.0 Å². The molecule has 0 aromatic rings. The van der Waals surface area contributed by atoms with Crippen molar-refractivity contribution in [2.45, 2.75) is 19.8 Å². The highest BCUT2D eigenvalue weighted by Crippen LogP contribution is 2.16. The molecule has 0 aliphatic carbocycles. The van der Waals surface area contributed by atoms with Gasteiger partial charge < -0.3 is 14.7 Å². The minimum absolute atomic E-state index is 0.00722. The molecular weight excluding hydrogens is 198 g/mol. The van der Waals surface area contributed by atoms with Gasteiger partial charge in [-0.3, -0.25) is 9.59 Å². The van der Waals surface area contributed by atoms with Crippen LogP contribution in [0.3, 0.4) is 0 Å². The molecule has 5 heteroatoms. The first-order chi connectivity index (χ1) is 7.15. The maximum Gasteiger partial charge on any atom is 0.308 e. The minimum atomic E-state index is -0.810. The summed E-state index contributed by atoms with van der Waals surface area (Å²) in [5.74, 6) is -1.21. The summed E-state index contributed by atoms with van der Waals surface area (Å²) in [5, 5.41) is 8.76. The van der Waals surface area contributed by atoms with Gasteiger partial charge in [0.25, 0.3) is 0 Å². The van der Waals surface area contributed by atoms with E-state index in [1.807, 2.05) is 6.92 Å². The SMILES string of the molecule is CCOCCC(=O)N1CCC(C(=O)O)C1. The number of hydrogen-bond donors (Lipinski definition) is 1. The summed E-state index contributed by atoms with van der Waals surface area (Å²) in [6, 6.07) is 0. The fraction of sp³-hybridized carbons (Fsp3) is 0.800. The normalized spacial score (nSPS) is 20.6.